The number of aryl methyl sites for hydroxylation is 2. The molecule has 3 N–H and O–H groups in total. The number of amides is 1. The number of methoxy groups -OCH3 is 1. The van der Waals surface area contributed by atoms with E-state index in [-0.39, 0.29) is 12.5 Å². The van der Waals surface area contributed by atoms with Crippen molar-refractivity contribution in [2.75, 3.05) is 12.8 Å². The Labute approximate surface area is 150 Å². The zero-order valence-corrected chi connectivity index (χ0v) is 14.7. The second-order valence-electron chi connectivity index (χ2n) is 5.77. The fraction of sp³-hybridized carbons (Fsp3) is 0.222. The molecule has 0 fully saturated rings. The summed E-state index contributed by atoms with van der Waals surface area (Å²) in [6.45, 7) is 3.85. The molecule has 0 bridgehead atoms. The summed E-state index contributed by atoms with van der Waals surface area (Å²) >= 11 is 0. The van der Waals surface area contributed by atoms with Crippen molar-refractivity contribution in [3.8, 4) is 16.9 Å². The van der Waals surface area contributed by atoms with Crippen LogP contribution in [0.15, 0.2) is 35.0 Å². The number of hydrogen-bond acceptors (Lipinski definition) is 7. The van der Waals surface area contributed by atoms with E-state index in [1.807, 2.05) is 25.1 Å². The highest BCUT2D eigenvalue weighted by Crippen LogP contribution is 2.30. The van der Waals surface area contributed by atoms with Crippen molar-refractivity contribution in [3.63, 3.8) is 0 Å². The van der Waals surface area contributed by atoms with Crippen LogP contribution in [0.25, 0.3) is 11.1 Å². The number of ether oxygens (including phenoxy) is 1. The number of nitrogens with two attached hydrogens (primary N) is 1. The molecule has 0 aliphatic rings. The first-order chi connectivity index (χ1) is 12.5. The van der Waals surface area contributed by atoms with E-state index >= 15 is 0 Å². The Bertz CT molecular complexity index is 934. The van der Waals surface area contributed by atoms with E-state index in [2.05, 4.69) is 25.2 Å². The normalized spacial score (nSPS) is 10.6. The third-order valence-electron chi connectivity index (χ3n) is 4.04. The maximum absolute atomic E-state index is 12.3. The Balaban J connectivity index is 1.76. The van der Waals surface area contributed by atoms with Gasteiger partial charge in [-0.05, 0) is 37.6 Å². The number of carbonyl (C=O) groups is 1. The van der Waals surface area contributed by atoms with E-state index < -0.39 is 0 Å². The molecule has 0 aliphatic carbocycles. The van der Waals surface area contributed by atoms with Crippen LogP contribution in [-0.4, -0.2) is 28.3 Å². The molecule has 3 rings (SSSR count). The van der Waals surface area contributed by atoms with Gasteiger partial charge in [-0.1, -0.05) is 22.4 Å². The summed E-state index contributed by atoms with van der Waals surface area (Å²) in [5.41, 5.74) is 10.1. The Morgan fingerprint density at radius 2 is 1.92 bits per heavy atom. The van der Waals surface area contributed by atoms with Gasteiger partial charge in [0.15, 0.2) is 0 Å². The average molecular weight is 353 g/mol. The summed E-state index contributed by atoms with van der Waals surface area (Å²) in [5, 5.41) is 10.2. The summed E-state index contributed by atoms with van der Waals surface area (Å²) in [5.74, 6) is 0.855. The quantitative estimate of drug-likeness (QED) is 0.722. The molecule has 0 radical (unpaired) electrons. The molecule has 0 atom stereocenters. The van der Waals surface area contributed by atoms with Gasteiger partial charge in [0, 0.05) is 11.1 Å². The topological polar surface area (TPSA) is 116 Å². The summed E-state index contributed by atoms with van der Waals surface area (Å²) in [6, 6.07) is 8.93. The smallest absolute Gasteiger partial charge is 0.251 e. The Hall–Kier alpha value is -3.42. The molecule has 2 heterocycles. The van der Waals surface area contributed by atoms with Crippen LogP contribution in [0.4, 0.5) is 5.82 Å². The van der Waals surface area contributed by atoms with Crippen LogP contribution >= 0.6 is 0 Å². The van der Waals surface area contributed by atoms with E-state index in [1.54, 1.807) is 26.2 Å². The molecule has 0 spiro atoms. The van der Waals surface area contributed by atoms with Gasteiger partial charge < -0.3 is 15.8 Å². The van der Waals surface area contributed by atoms with Crippen LogP contribution in [0.2, 0.25) is 0 Å². The van der Waals surface area contributed by atoms with Crippen molar-refractivity contribution in [2.45, 2.75) is 20.4 Å². The van der Waals surface area contributed by atoms with Crippen molar-refractivity contribution < 1.29 is 14.2 Å². The molecule has 26 heavy (non-hydrogen) atoms. The van der Waals surface area contributed by atoms with E-state index in [9.17, 15) is 4.79 Å². The number of aromatic nitrogens is 3. The minimum atomic E-state index is -0.216. The second kappa shape index (κ2) is 7.22. The Kier molecular flexibility index (Phi) is 4.83. The maximum Gasteiger partial charge on any atom is 0.251 e. The molecular weight excluding hydrogens is 334 g/mol. The second-order valence-corrected chi connectivity index (χ2v) is 5.77. The molecule has 134 valence electrons. The van der Waals surface area contributed by atoms with Gasteiger partial charge in [-0.15, -0.1) is 0 Å². The highest BCUT2D eigenvalue weighted by molar-refractivity contribution is 5.94. The predicted octanol–water partition coefficient (Wildman–Crippen LogP) is 2.27. The molecule has 1 amide bonds. The SMILES string of the molecule is COc1cc(-c2ccc(C(=O)NCc3nonc3C)cc2)c(N)nc1C. The first-order valence-electron chi connectivity index (χ1n) is 7.97. The van der Waals surface area contributed by atoms with Crippen LogP contribution in [-0.2, 0) is 6.54 Å². The standard InChI is InChI=1S/C18H19N5O3/c1-10-15(23-26-22-10)9-20-18(24)13-6-4-12(5-7-13)14-8-16(25-3)11(2)21-17(14)19/h4-8H,9H2,1-3H3,(H2,19,21)(H,20,24). The number of rotatable bonds is 5. The largest absolute Gasteiger partial charge is 0.495 e. The van der Waals surface area contributed by atoms with Crippen molar-refractivity contribution in [1.29, 1.82) is 0 Å². The molecule has 1 aromatic carbocycles. The number of nitrogens with zero attached hydrogens (tertiary/aromatic N) is 3. The molecule has 0 saturated carbocycles. The lowest BCUT2D eigenvalue weighted by atomic mass is 10.0. The number of hydrogen-bond donors (Lipinski definition) is 2. The summed E-state index contributed by atoms with van der Waals surface area (Å²) in [7, 11) is 1.59. The van der Waals surface area contributed by atoms with Gasteiger partial charge in [0.05, 0.1) is 19.3 Å². The summed E-state index contributed by atoms with van der Waals surface area (Å²) in [4.78, 5) is 16.6. The Morgan fingerprint density at radius 3 is 2.54 bits per heavy atom. The van der Waals surface area contributed by atoms with Gasteiger partial charge in [0.1, 0.15) is 23.0 Å². The van der Waals surface area contributed by atoms with Crippen LogP contribution < -0.4 is 15.8 Å². The zero-order valence-electron chi connectivity index (χ0n) is 14.7. The number of carbonyl (C=O) groups excluding carboxylic acids is 1. The van der Waals surface area contributed by atoms with Crippen molar-refractivity contribution in [2.24, 2.45) is 0 Å². The van der Waals surface area contributed by atoms with E-state index in [1.165, 1.54) is 0 Å². The summed E-state index contributed by atoms with van der Waals surface area (Å²) in [6.07, 6.45) is 0. The highest BCUT2D eigenvalue weighted by Gasteiger charge is 2.12. The lowest BCUT2D eigenvalue weighted by Gasteiger charge is -2.11. The molecule has 8 heteroatoms. The first-order valence-corrected chi connectivity index (χ1v) is 7.97. The van der Waals surface area contributed by atoms with Gasteiger partial charge in [0.25, 0.3) is 5.91 Å². The maximum atomic E-state index is 12.3. The van der Waals surface area contributed by atoms with E-state index in [0.717, 1.165) is 16.8 Å². The molecular formula is C18H19N5O3. The number of benzene rings is 1. The number of nitrogen functional groups attached to an aromatic ring is 1. The van der Waals surface area contributed by atoms with Crippen molar-refractivity contribution in [3.05, 3.63) is 53.0 Å². The van der Waals surface area contributed by atoms with Crippen LogP contribution in [0, 0.1) is 13.8 Å². The minimum Gasteiger partial charge on any atom is -0.495 e. The van der Waals surface area contributed by atoms with Gasteiger partial charge >= 0.3 is 0 Å². The predicted molar refractivity (Wildman–Crippen MR) is 95.6 cm³/mol. The van der Waals surface area contributed by atoms with Crippen LogP contribution in [0.1, 0.15) is 27.4 Å². The fourth-order valence-electron chi connectivity index (χ4n) is 2.52. The fourth-order valence-corrected chi connectivity index (χ4v) is 2.52. The van der Waals surface area contributed by atoms with Gasteiger partial charge in [0.2, 0.25) is 0 Å². The Morgan fingerprint density at radius 1 is 1.19 bits per heavy atom. The first kappa shape index (κ1) is 17.4. The van der Waals surface area contributed by atoms with E-state index in [0.29, 0.717) is 28.5 Å². The molecule has 8 nitrogen and oxygen atoms in total. The zero-order chi connectivity index (χ0) is 18.7. The third kappa shape index (κ3) is 3.49. The average Bonchev–Trinajstić information content (AvgIpc) is 3.05. The lowest BCUT2D eigenvalue weighted by Crippen LogP contribution is -2.23. The van der Waals surface area contributed by atoms with Crippen LogP contribution in [0.3, 0.4) is 0 Å². The molecule has 3 aromatic rings. The minimum absolute atomic E-state index is 0.216. The monoisotopic (exact) mass is 353 g/mol. The van der Waals surface area contributed by atoms with Crippen LogP contribution in [0.5, 0.6) is 5.75 Å². The van der Waals surface area contributed by atoms with Gasteiger partial charge in [-0.2, -0.15) is 0 Å². The summed E-state index contributed by atoms with van der Waals surface area (Å²) < 4.78 is 9.91. The number of pyridine rings is 1. The van der Waals surface area contributed by atoms with E-state index in [4.69, 9.17) is 10.5 Å². The van der Waals surface area contributed by atoms with Crippen molar-refractivity contribution >= 4 is 11.7 Å². The molecule has 0 saturated heterocycles. The number of anilines is 1. The lowest BCUT2D eigenvalue weighted by molar-refractivity contribution is 0.0950. The third-order valence-corrected chi connectivity index (χ3v) is 4.04. The molecule has 0 unspecified atom stereocenters. The van der Waals surface area contributed by atoms with Gasteiger partial charge in [-0.3, -0.25) is 4.79 Å². The molecule has 0 aliphatic heterocycles. The van der Waals surface area contributed by atoms with Gasteiger partial charge in [-0.25, -0.2) is 9.61 Å². The number of nitrogens with one attached hydrogen (secondary N) is 1. The highest BCUT2D eigenvalue weighted by atomic mass is 16.6. The van der Waals surface area contributed by atoms with Crippen molar-refractivity contribution in [1.82, 2.24) is 20.6 Å². The molecule has 2 aromatic heterocycles.